The second-order valence-corrected chi connectivity index (χ2v) is 9.21. The van der Waals surface area contributed by atoms with E-state index in [9.17, 15) is 0 Å². The Morgan fingerprint density at radius 3 is 2.62 bits per heavy atom. The molecule has 0 bridgehead atoms. The highest BCUT2D eigenvalue weighted by Gasteiger charge is 2.15. The van der Waals surface area contributed by atoms with Gasteiger partial charge in [-0.15, -0.1) is 48.6 Å². The van der Waals surface area contributed by atoms with Crippen LogP contribution >= 0.6 is 64.5 Å². The summed E-state index contributed by atoms with van der Waals surface area (Å²) in [5.41, 5.74) is 0.907. The molecule has 1 saturated heterocycles. The lowest BCUT2D eigenvalue weighted by Gasteiger charge is -2.32. The van der Waals surface area contributed by atoms with Crippen molar-refractivity contribution in [1.82, 2.24) is 19.8 Å². The minimum Gasteiger partial charge on any atom is -0.495 e. The molecule has 2 aromatic heterocycles. The van der Waals surface area contributed by atoms with Crippen molar-refractivity contribution < 1.29 is 4.74 Å². The SMILES string of the molecule is COc1cccc2cc(-c3nc(NCCCN4CCN(C)CC4)ncc3Br)sc12.Cl.Cl.Cl. The van der Waals surface area contributed by atoms with Gasteiger partial charge in [-0.05, 0) is 53.5 Å². The van der Waals surface area contributed by atoms with Crippen LogP contribution in [0, 0.1) is 0 Å². The van der Waals surface area contributed by atoms with Gasteiger partial charge in [-0.2, -0.15) is 0 Å². The standard InChI is InChI=1S/C21H26BrN5OS.3ClH/c1-26-9-11-27(12-10-26)8-4-7-23-21-24-14-16(22)19(25-21)18-13-15-5-3-6-17(28-2)20(15)29-18;;;/h3,5-6,13-14H,4,7-12H2,1-2H3,(H,23,24,25);3*1H. The van der Waals surface area contributed by atoms with Crippen molar-refractivity contribution in [2.45, 2.75) is 6.42 Å². The van der Waals surface area contributed by atoms with Gasteiger partial charge < -0.3 is 19.9 Å². The van der Waals surface area contributed by atoms with E-state index in [1.165, 1.54) is 0 Å². The molecule has 1 N–H and O–H groups in total. The summed E-state index contributed by atoms with van der Waals surface area (Å²) in [6.45, 7) is 6.61. The maximum Gasteiger partial charge on any atom is 0.223 e. The van der Waals surface area contributed by atoms with Crippen LogP contribution in [0.25, 0.3) is 20.7 Å². The van der Waals surface area contributed by atoms with Crippen LogP contribution in [-0.2, 0) is 0 Å². The number of anilines is 1. The van der Waals surface area contributed by atoms with Crippen molar-refractivity contribution in [3.63, 3.8) is 0 Å². The van der Waals surface area contributed by atoms with Gasteiger partial charge in [-0.25, -0.2) is 9.97 Å². The van der Waals surface area contributed by atoms with E-state index in [4.69, 9.17) is 9.72 Å². The summed E-state index contributed by atoms with van der Waals surface area (Å²) in [7, 11) is 3.90. The molecule has 4 rings (SSSR count). The Kier molecular flexibility index (Phi) is 12.5. The van der Waals surface area contributed by atoms with Gasteiger partial charge in [0.25, 0.3) is 0 Å². The first kappa shape index (κ1) is 29.2. The summed E-state index contributed by atoms with van der Waals surface area (Å²) in [6.07, 6.45) is 2.91. The first-order chi connectivity index (χ1) is 14.1. The number of thiophene rings is 1. The number of fused-ring (bicyclic) bond motifs is 1. The third-order valence-electron chi connectivity index (χ3n) is 5.24. The number of ether oxygens (including phenoxy) is 1. The predicted molar refractivity (Wildman–Crippen MR) is 146 cm³/mol. The zero-order valence-corrected chi connectivity index (χ0v) is 22.9. The van der Waals surface area contributed by atoms with Crippen LogP contribution in [0.5, 0.6) is 5.75 Å². The highest BCUT2D eigenvalue weighted by molar-refractivity contribution is 9.10. The van der Waals surface area contributed by atoms with Gasteiger partial charge in [0.15, 0.2) is 0 Å². The fraction of sp³-hybridized carbons (Fsp3) is 0.429. The molecule has 0 amide bonds. The fourth-order valence-electron chi connectivity index (χ4n) is 3.51. The third kappa shape index (κ3) is 7.06. The molecule has 1 aliphatic heterocycles. The van der Waals surface area contributed by atoms with Crippen molar-refractivity contribution in [2.24, 2.45) is 0 Å². The molecule has 0 atom stereocenters. The molecule has 3 aromatic rings. The van der Waals surface area contributed by atoms with Crippen LogP contribution in [-0.4, -0.2) is 73.2 Å². The van der Waals surface area contributed by atoms with Gasteiger partial charge in [0.1, 0.15) is 11.4 Å². The molecule has 0 aliphatic carbocycles. The Hall–Kier alpha value is -0.870. The highest BCUT2D eigenvalue weighted by atomic mass is 79.9. The number of nitrogens with one attached hydrogen (secondary N) is 1. The molecular weight excluding hydrogens is 557 g/mol. The second-order valence-electron chi connectivity index (χ2n) is 7.30. The van der Waals surface area contributed by atoms with E-state index < -0.39 is 0 Å². The van der Waals surface area contributed by atoms with Crippen LogP contribution in [0.2, 0.25) is 0 Å². The van der Waals surface area contributed by atoms with Crippen LogP contribution in [0.15, 0.2) is 34.9 Å². The van der Waals surface area contributed by atoms with E-state index in [-0.39, 0.29) is 37.2 Å². The molecule has 1 fully saturated rings. The molecule has 32 heavy (non-hydrogen) atoms. The lowest BCUT2D eigenvalue weighted by molar-refractivity contribution is 0.154. The normalized spacial score (nSPS) is 14.2. The lowest BCUT2D eigenvalue weighted by Crippen LogP contribution is -2.44. The average Bonchev–Trinajstić information content (AvgIpc) is 3.17. The molecule has 11 heteroatoms. The number of likely N-dealkylation sites (N-methyl/N-ethyl adjacent to an activating group) is 1. The van der Waals surface area contributed by atoms with Crippen molar-refractivity contribution in [2.75, 3.05) is 58.7 Å². The molecule has 0 spiro atoms. The molecule has 0 radical (unpaired) electrons. The molecule has 1 aliphatic rings. The molecule has 6 nitrogen and oxygen atoms in total. The number of halogens is 4. The van der Waals surface area contributed by atoms with E-state index in [1.54, 1.807) is 18.4 Å². The number of aromatic nitrogens is 2. The summed E-state index contributed by atoms with van der Waals surface area (Å²) in [4.78, 5) is 15.2. The van der Waals surface area contributed by atoms with Crippen molar-refractivity contribution in [1.29, 1.82) is 0 Å². The molecule has 0 unspecified atom stereocenters. The molecule has 0 saturated carbocycles. The number of rotatable bonds is 7. The lowest BCUT2D eigenvalue weighted by atomic mass is 10.2. The number of piperazine rings is 1. The molecule has 3 heterocycles. The third-order valence-corrected chi connectivity index (χ3v) is 6.99. The van der Waals surface area contributed by atoms with Gasteiger partial charge in [-0.3, -0.25) is 0 Å². The summed E-state index contributed by atoms with van der Waals surface area (Å²) in [5, 5.41) is 4.55. The monoisotopic (exact) mass is 583 g/mol. The molecule has 178 valence electrons. The van der Waals surface area contributed by atoms with Crippen molar-refractivity contribution in [3.8, 4) is 16.3 Å². The topological polar surface area (TPSA) is 53.5 Å². The summed E-state index contributed by atoms with van der Waals surface area (Å²) >= 11 is 5.30. The Morgan fingerprint density at radius 2 is 1.91 bits per heavy atom. The van der Waals surface area contributed by atoms with Crippen molar-refractivity contribution >= 4 is 80.5 Å². The smallest absolute Gasteiger partial charge is 0.223 e. The number of nitrogens with zero attached hydrogens (tertiary/aromatic N) is 4. The van der Waals surface area contributed by atoms with Gasteiger partial charge in [0, 0.05) is 38.9 Å². The summed E-state index contributed by atoms with van der Waals surface area (Å²) < 4.78 is 7.53. The fourth-order valence-corrected chi connectivity index (χ4v) is 5.20. The zero-order valence-electron chi connectivity index (χ0n) is 18.0. The number of hydrogen-bond acceptors (Lipinski definition) is 7. The van der Waals surface area contributed by atoms with Crippen LogP contribution in [0.3, 0.4) is 0 Å². The van der Waals surface area contributed by atoms with E-state index in [1.807, 2.05) is 18.3 Å². The molecular formula is C21H29BrCl3N5OS. The second kappa shape index (κ2) is 13.7. The van der Waals surface area contributed by atoms with E-state index >= 15 is 0 Å². The van der Waals surface area contributed by atoms with Gasteiger partial charge in [0.2, 0.25) is 5.95 Å². The minimum absolute atomic E-state index is 0. The quantitative estimate of drug-likeness (QED) is 0.373. The van der Waals surface area contributed by atoms with Crippen LogP contribution in [0.4, 0.5) is 5.95 Å². The largest absolute Gasteiger partial charge is 0.495 e. The Bertz CT molecular complexity index is 985. The van der Waals surface area contributed by atoms with Gasteiger partial charge in [-0.1, -0.05) is 12.1 Å². The maximum atomic E-state index is 5.50. The zero-order chi connectivity index (χ0) is 20.2. The predicted octanol–water partition coefficient (Wildman–Crippen LogP) is 5.44. The Balaban J connectivity index is 0.00000171. The maximum absolute atomic E-state index is 5.50. The van der Waals surface area contributed by atoms with E-state index in [0.717, 1.165) is 76.6 Å². The van der Waals surface area contributed by atoms with E-state index in [0.29, 0.717) is 5.95 Å². The van der Waals surface area contributed by atoms with E-state index in [2.05, 4.69) is 55.2 Å². The highest BCUT2D eigenvalue weighted by Crippen LogP contribution is 2.40. The average molecular weight is 586 g/mol. The minimum atomic E-state index is 0. The summed E-state index contributed by atoms with van der Waals surface area (Å²) in [6, 6.07) is 8.27. The van der Waals surface area contributed by atoms with Gasteiger partial charge >= 0.3 is 0 Å². The van der Waals surface area contributed by atoms with Crippen LogP contribution < -0.4 is 10.1 Å². The number of hydrogen-bond donors (Lipinski definition) is 1. The number of methoxy groups -OCH3 is 1. The Labute approximate surface area is 220 Å². The first-order valence-corrected chi connectivity index (χ1v) is 11.5. The number of benzene rings is 1. The first-order valence-electron chi connectivity index (χ1n) is 9.88. The Morgan fingerprint density at radius 1 is 1.16 bits per heavy atom. The van der Waals surface area contributed by atoms with Crippen LogP contribution in [0.1, 0.15) is 6.42 Å². The van der Waals surface area contributed by atoms with Crippen molar-refractivity contribution in [3.05, 3.63) is 34.9 Å². The summed E-state index contributed by atoms with van der Waals surface area (Å²) in [5.74, 6) is 1.57. The van der Waals surface area contributed by atoms with Gasteiger partial charge in [0.05, 0.1) is 21.2 Å². The molecule has 1 aromatic carbocycles.